The molecule has 0 aliphatic heterocycles. The lowest BCUT2D eigenvalue weighted by atomic mass is 10.1. The summed E-state index contributed by atoms with van der Waals surface area (Å²) in [5.74, 6) is 2.05. The lowest BCUT2D eigenvalue weighted by Gasteiger charge is -2.11. The molecule has 0 saturated carbocycles. The van der Waals surface area contributed by atoms with E-state index in [1.54, 1.807) is 32.4 Å². The summed E-state index contributed by atoms with van der Waals surface area (Å²) in [6, 6.07) is 12.7. The summed E-state index contributed by atoms with van der Waals surface area (Å²) in [5, 5.41) is 6.82. The number of aryl methyl sites for hydroxylation is 1. The van der Waals surface area contributed by atoms with Crippen LogP contribution in [0.4, 0.5) is 5.69 Å². The minimum atomic E-state index is -0.162. The zero-order chi connectivity index (χ0) is 19.2. The summed E-state index contributed by atoms with van der Waals surface area (Å²) in [7, 11) is 3.13. The largest absolute Gasteiger partial charge is 0.493 e. The number of benzene rings is 2. The summed E-state index contributed by atoms with van der Waals surface area (Å²) in [5.41, 5.74) is 2.12. The highest BCUT2D eigenvalue weighted by molar-refractivity contribution is 5.95. The Bertz CT molecular complexity index is 936. The molecule has 0 aliphatic carbocycles. The van der Waals surface area contributed by atoms with Crippen molar-refractivity contribution in [2.24, 2.45) is 0 Å². The third kappa shape index (κ3) is 4.25. The van der Waals surface area contributed by atoms with Gasteiger partial charge in [0.15, 0.2) is 17.3 Å². The Morgan fingerprint density at radius 3 is 2.59 bits per heavy atom. The van der Waals surface area contributed by atoms with E-state index in [4.69, 9.17) is 14.0 Å². The highest BCUT2D eigenvalue weighted by Gasteiger charge is 2.15. The van der Waals surface area contributed by atoms with Crippen molar-refractivity contribution in [2.75, 3.05) is 19.5 Å². The predicted octanol–water partition coefficient (Wildman–Crippen LogP) is 3.50. The number of nitrogens with zero attached hydrogens (tertiary/aromatic N) is 2. The second-order valence-corrected chi connectivity index (χ2v) is 5.83. The van der Waals surface area contributed by atoms with E-state index < -0.39 is 0 Å². The smallest absolute Gasteiger partial charge is 0.260 e. The van der Waals surface area contributed by atoms with Gasteiger partial charge in [-0.1, -0.05) is 30.3 Å². The summed E-state index contributed by atoms with van der Waals surface area (Å²) in [4.78, 5) is 16.9. The fraction of sp³-hybridized carbons (Fsp3) is 0.250. The molecule has 0 aliphatic rings. The number of para-hydroxylation sites is 1. The molecule has 1 aromatic heterocycles. The van der Waals surface area contributed by atoms with Gasteiger partial charge in [0.1, 0.15) is 0 Å². The van der Waals surface area contributed by atoms with Gasteiger partial charge >= 0.3 is 0 Å². The summed E-state index contributed by atoms with van der Waals surface area (Å²) in [6.45, 7) is 1.95. The first-order valence-corrected chi connectivity index (χ1v) is 8.57. The maximum atomic E-state index is 12.5. The molecule has 0 fully saturated rings. The molecular formula is C20H21N3O4. The van der Waals surface area contributed by atoms with Crippen LogP contribution in [0.1, 0.15) is 18.3 Å². The van der Waals surface area contributed by atoms with Crippen LogP contribution in [-0.4, -0.2) is 30.3 Å². The molecule has 1 N–H and O–H groups in total. The quantitative estimate of drug-likeness (QED) is 0.688. The number of aromatic nitrogens is 2. The van der Waals surface area contributed by atoms with Crippen molar-refractivity contribution in [3.63, 3.8) is 0 Å². The summed E-state index contributed by atoms with van der Waals surface area (Å²) >= 11 is 0. The SMILES string of the molecule is CCc1noc(-c2ccccc2NC(=O)Cc2ccc(OC)c(OC)c2)n1. The van der Waals surface area contributed by atoms with E-state index >= 15 is 0 Å². The lowest BCUT2D eigenvalue weighted by molar-refractivity contribution is -0.115. The van der Waals surface area contributed by atoms with Crippen LogP contribution in [0.25, 0.3) is 11.5 Å². The first kappa shape index (κ1) is 18.4. The van der Waals surface area contributed by atoms with Crippen LogP contribution in [0.2, 0.25) is 0 Å². The Morgan fingerprint density at radius 2 is 1.89 bits per heavy atom. The summed E-state index contributed by atoms with van der Waals surface area (Å²) in [6.07, 6.45) is 0.871. The molecule has 3 aromatic rings. The average molecular weight is 367 g/mol. The first-order valence-electron chi connectivity index (χ1n) is 8.57. The Balaban J connectivity index is 1.77. The molecule has 0 saturated heterocycles. The average Bonchev–Trinajstić information content (AvgIpc) is 3.17. The molecular weight excluding hydrogens is 346 g/mol. The van der Waals surface area contributed by atoms with E-state index in [1.807, 2.05) is 31.2 Å². The Hall–Kier alpha value is -3.35. The molecule has 0 atom stereocenters. The fourth-order valence-corrected chi connectivity index (χ4v) is 2.66. The maximum absolute atomic E-state index is 12.5. The van der Waals surface area contributed by atoms with E-state index in [2.05, 4.69) is 15.5 Å². The highest BCUT2D eigenvalue weighted by atomic mass is 16.5. The number of rotatable bonds is 7. The molecule has 1 amide bonds. The van der Waals surface area contributed by atoms with Crippen molar-refractivity contribution in [1.29, 1.82) is 0 Å². The molecule has 7 nitrogen and oxygen atoms in total. The molecule has 27 heavy (non-hydrogen) atoms. The van der Waals surface area contributed by atoms with Crippen molar-refractivity contribution in [3.8, 4) is 23.0 Å². The molecule has 1 heterocycles. The molecule has 140 valence electrons. The van der Waals surface area contributed by atoms with Crippen molar-refractivity contribution < 1.29 is 18.8 Å². The summed E-state index contributed by atoms with van der Waals surface area (Å²) < 4.78 is 15.8. The Morgan fingerprint density at radius 1 is 1.11 bits per heavy atom. The molecule has 0 radical (unpaired) electrons. The second-order valence-electron chi connectivity index (χ2n) is 5.83. The van der Waals surface area contributed by atoms with Crippen LogP contribution in [0.15, 0.2) is 47.0 Å². The Labute approximate surface area is 157 Å². The van der Waals surface area contributed by atoms with Gasteiger partial charge in [0.2, 0.25) is 5.91 Å². The predicted molar refractivity (Wildman–Crippen MR) is 101 cm³/mol. The third-order valence-electron chi connectivity index (χ3n) is 4.03. The number of hydrogen-bond acceptors (Lipinski definition) is 6. The number of nitrogens with one attached hydrogen (secondary N) is 1. The second kappa shape index (κ2) is 8.35. The zero-order valence-electron chi connectivity index (χ0n) is 15.5. The van der Waals surface area contributed by atoms with E-state index in [1.165, 1.54) is 0 Å². The van der Waals surface area contributed by atoms with Crippen LogP contribution in [0.3, 0.4) is 0 Å². The van der Waals surface area contributed by atoms with Gasteiger partial charge in [0.25, 0.3) is 5.89 Å². The van der Waals surface area contributed by atoms with Gasteiger partial charge in [0, 0.05) is 6.42 Å². The third-order valence-corrected chi connectivity index (χ3v) is 4.03. The van der Waals surface area contributed by atoms with E-state index in [9.17, 15) is 4.79 Å². The molecule has 7 heteroatoms. The number of ether oxygens (including phenoxy) is 2. The van der Waals surface area contributed by atoms with Crippen LogP contribution in [0.5, 0.6) is 11.5 Å². The number of carbonyl (C=O) groups excluding carboxylic acids is 1. The number of methoxy groups -OCH3 is 2. The minimum Gasteiger partial charge on any atom is -0.493 e. The van der Waals surface area contributed by atoms with Gasteiger partial charge in [-0.05, 0) is 29.8 Å². The van der Waals surface area contributed by atoms with Crippen LogP contribution < -0.4 is 14.8 Å². The minimum absolute atomic E-state index is 0.162. The molecule has 0 spiro atoms. The van der Waals surface area contributed by atoms with E-state index in [-0.39, 0.29) is 12.3 Å². The number of anilines is 1. The topological polar surface area (TPSA) is 86.5 Å². The van der Waals surface area contributed by atoms with Gasteiger partial charge in [0.05, 0.1) is 31.9 Å². The first-order chi connectivity index (χ1) is 13.1. The molecule has 0 bridgehead atoms. The molecule has 2 aromatic carbocycles. The Kier molecular flexibility index (Phi) is 5.71. The molecule has 0 unspecified atom stereocenters. The maximum Gasteiger partial charge on any atom is 0.260 e. The van der Waals surface area contributed by atoms with Crippen LogP contribution >= 0.6 is 0 Å². The highest BCUT2D eigenvalue weighted by Crippen LogP contribution is 2.29. The van der Waals surface area contributed by atoms with Crippen molar-refractivity contribution >= 4 is 11.6 Å². The number of amides is 1. The van der Waals surface area contributed by atoms with Crippen LogP contribution in [0, 0.1) is 0 Å². The van der Waals surface area contributed by atoms with Gasteiger partial charge in [-0.3, -0.25) is 4.79 Å². The van der Waals surface area contributed by atoms with Crippen molar-refractivity contribution in [2.45, 2.75) is 19.8 Å². The fourth-order valence-electron chi connectivity index (χ4n) is 2.66. The van der Waals surface area contributed by atoms with E-state index in [0.29, 0.717) is 40.9 Å². The normalized spacial score (nSPS) is 10.5. The van der Waals surface area contributed by atoms with Gasteiger partial charge < -0.3 is 19.3 Å². The van der Waals surface area contributed by atoms with Crippen molar-refractivity contribution in [1.82, 2.24) is 10.1 Å². The van der Waals surface area contributed by atoms with Crippen molar-refractivity contribution in [3.05, 3.63) is 53.9 Å². The van der Waals surface area contributed by atoms with Crippen LogP contribution in [-0.2, 0) is 17.6 Å². The standard InChI is InChI=1S/C20H21N3O4/c1-4-18-22-20(27-23-18)14-7-5-6-8-15(14)21-19(24)12-13-9-10-16(25-2)17(11-13)26-3/h5-11H,4,12H2,1-3H3,(H,21,24). The monoisotopic (exact) mass is 367 g/mol. The number of hydrogen-bond donors (Lipinski definition) is 1. The lowest BCUT2D eigenvalue weighted by Crippen LogP contribution is -2.15. The molecule has 3 rings (SSSR count). The number of carbonyl (C=O) groups is 1. The van der Waals surface area contributed by atoms with Gasteiger partial charge in [-0.2, -0.15) is 4.98 Å². The van der Waals surface area contributed by atoms with E-state index in [0.717, 1.165) is 5.56 Å². The van der Waals surface area contributed by atoms with Gasteiger partial charge in [-0.15, -0.1) is 0 Å². The van der Waals surface area contributed by atoms with Gasteiger partial charge in [-0.25, -0.2) is 0 Å². The zero-order valence-corrected chi connectivity index (χ0v) is 15.5.